The average Bonchev–Trinajstić information content (AvgIpc) is 3.17. The van der Waals surface area contributed by atoms with Crippen molar-refractivity contribution < 1.29 is 8.94 Å². The normalized spacial score (nSPS) is 12.7. The van der Waals surface area contributed by atoms with E-state index in [1.165, 1.54) is 0 Å². The summed E-state index contributed by atoms with van der Waals surface area (Å²) in [5, 5.41) is 7.47. The molecular weight excluding hydrogens is 308 g/mol. The lowest BCUT2D eigenvalue weighted by Crippen LogP contribution is -2.21. The second-order valence-electron chi connectivity index (χ2n) is 4.77. The van der Waals surface area contributed by atoms with Crippen LogP contribution in [0.25, 0.3) is 0 Å². The summed E-state index contributed by atoms with van der Waals surface area (Å²) in [7, 11) is 0. The standard InChI is InChI=1S/C15H15ClN2O2S/c1-9-11(10(2)20-18-9)8-17-15(12-4-3-7-19-12)13-5-6-14(16)21-13/h3-7,15,17H,8H2,1-2H3. The fourth-order valence-electron chi connectivity index (χ4n) is 2.24. The van der Waals surface area contributed by atoms with Crippen LogP contribution in [0.1, 0.15) is 33.7 Å². The van der Waals surface area contributed by atoms with Crippen LogP contribution in [0.15, 0.2) is 39.5 Å². The van der Waals surface area contributed by atoms with Crippen molar-refractivity contribution in [2.45, 2.75) is 26.4 Å². The van der Waals surface area contributed by atoms with Gasteiger partial charge in [-0.05, 0) is 38.1 Å². The van der Waals surface area contributed by atoms with E-state index >= 15 is 0 Å². The highest BCUT2D eigenvalue weighted by Gasteiger charge is 2.20. The molecule has 0 aliphatic carbocycles. The Balaban J connectivity index is 1.83. The predicted octanol–water partition coefficient (Wildman–Crippen LogP) is 4.48. The van der Waals surface area contributed by atoms with Crippen LogP contribution in [0.2, 0.25) is 4.34 Å². The zero-order chi connectivity index (χ0) is 14.8. The predicted molar refractivity (Wildman–Crippen MR) is 82.7 cm³/mol. The van der Waals surface area contributed by atoms with Crippen molar-refractivity contribution in [3.8, 4) is 0 Å². The first-order valence-corrected chi connectivity index (χ1v) is 7.78. The average molecular weight is 323 g/mol. The summed E-state index contributed by atoms with van der Waals surface area (Å²) in [6.07, 6.45) is 1.68. The smallest absolute Gasteiger partial charge is 0.138 e. The molecular formula is C15H15ClN2O2S. The lowest BCUT2D eigenvalue weighted by molar-refractivity contribution is 0.391. The van der Waals surface area contributed by atoms with E-state index in [1.54, 1.807) is 17.6 Å². The zero-order valence-corrected chi connectivity index (χ0v) is 13.3. The molecule has 0 aliphatic heterocycles. The number of halogens is 1. The highest BCUT2D eigenvalue weighted by atomic mass is 35.5. The highest BCUT2D eigenvalue weighted by Crippen LogP contribution is 2.31. The third-order valence-electron chi connectivity index (χ3n) is 3.37. The van der Waals surface area contributed by atoms with Gasteiger partial charge in [-0.2, -0.15) is 0 Å². The molecule has 6 heteroatoms. The van der Waals surface area contributed by atoms with Crippen LogP contribution >= 0.6 is 22.9 Å². The first-order chi connectivity index (χ1) is 10.1. The highest BCUT2D eigenvalue weighted by molar-refractivity contribution is 7.16. The maximum atomic E-state index is 6.05. The van der Waals surface area contributed by atoms with Gasteiger partial charge in [0.2, 0.25) is 0 Å². The van der Waals surface area contributed by atoms with Gasteiger partial charge >= 0.3 is 0 Å². The van der Waals surface area contributed by atoms with Crippen LogP contribution < -0.4 is 5.32 Å². The number of furan rings is 1. The molecule has 0 bridgehead atoms. The third-order valence-corrected chi connectivity index (χ3v) is 4.67. The molecule has 0 aromatic carbocycles. The van der Waals surface area contributed by atoms with Crippen LogP contribution in [-0.2, 0) is 6.54 Å². The molecule has 3 heterocycles. The molecule has 0 saturated carbocycles. The minimum absolute atomic E-state index is 0.0359. The summed E-state index contributed by atoms with van der Waals surface area (Å²) < 4.78 is 11.5. The molecule has 3 aromatic heterocycles. The Morgan fingerprint density at radius 3 is 2.76 bits per heavy atom. The monoisotopic (exact) mass is 322 g/mol. The van der Waals surface area contributed by atoms with Crippen molar-refractivity contribution in [3.05, 3.63) is 62.5 Å². The lowest BCUT2D eigenvalue weighted by atomic mass is 10.1. The van der Waals surface area contributed by atoms with Crippen molar-refractivity contribution in [2.24, 2.45) is 0 Å². The van der Waals surface area contributed by atoms with Crippen molar-refractivity contribution in [1.29, 1.82) is 0 Å². The molecule has 1 N–H and O–H groups in total. The van der Waals surface area contributed by atoms with Crippen LogP contribution in [0.4, 0.5) is 0 Å². The fourth-order valence-corrected chi connectivity index (χ4v) is 3.38. The number of thiophene rings is 1. The quantitative estimate of drug-likeness (QED) is 0.752. The molecule has 0 saturated heterocycles. The molecule has 1 atom stereocenters. The third kappa shape index (κ3) is 3.05. The van der Waals surface area contributed by atoms with Gasteiger partial charge in [-0.3, -0.25) is 5.32 Å². The summed E-state index contributed by atoms with van der Waals surface area (Å²) in [5.74, 6) is 1.70. The lowest BCUT2D eigenvalue weighted by Gasteiger charge is -2.15. The number of aromatic nitrogens is 1. The van der Waals surface area contributed by atoms with Crippen LogP contribution in [0, 0.1) is 13.8 Å². The SMILES string of the molecule is Cc1noc(C)c1CNC(c1ccco1)c1ccc(Cl)s1. The number of nitrogens with zero attached hydrogens (tertiary/aromatic N) is 1. The summed E-state index contributed by atoms with van der Waals surface area (Å²) >= 11 is 7.59. The van der Waals surface area contributed by atoms with E-state index in [2.05, 4.69) is 10.5 Å². The molecule has 0 fully saturated rings. The summed E-state index contributed by atoms with van der Waals surface area (Å²) in [5.41, 5.74) is 1.98. The van der Waals surface area contributed by atoms with Gasteiger partial charge in [0, 0.05) is 17.0 Å². The summed E-state index contributed by atoms with van der Waals surface area (Å²) in [4.78, 5) is 1.11. The number of aryl methyl sites for hydroxylation is 2. The largest absolute Gasteiger partial charge is 0.467 e. The Morgan fingerprint density at radius 2 is 2.19 bits per heavy atom. The Hall–Kier alpha value is -1.56. The van der Waals surface area contributed by atoms with E-state index in [-0.39, 0.29) is 6.04 Å². The minimum Gasteiger partial charge on any atom is -0.467 e. The molecule has 0 amide bonds. The first kappa shape index (κ1) is 14.4. The number of hydrogen-bond donors (Lipinski definition) is 1. The van der Waals surface area contributed by atoms with Gasteiger partial charge in [0.1, 0.15) is 17.6 Å². The van der Waals surface area contributed by atoms with Crippen LogP contribution in [-0.4, -0.2) is 5.16 Å². The topological polar surface area (TPSA) is 51.2 Å². The molecule has 21 heavy (non-hydrogen) atoms. The van der Waals surface area contributed by atoms with Crippen LogP contribution in [0.5, 0.6) is 0 Å². The Morgan fingerprint density at radius 1 is 1.33 bits per heavy atom. The molecule has 1 unspecified atom stereocenters. The summed E-state index contributed by atoms with van der Waals surface area (Å²) in [6.45, 7) is 4.51. The van der Waals surface area contributed by atoms with Gasteiger partial charge in [-0.15, -0.1) is 11.3 Å². The Labute approximate surface area is 131 Å². The zero-order valence-electron chi connectivity index (χ0n) is 11.7. The Kier molecular flexibility index (Phi) is 4.14. The maximum absolute atomic E-state index is 6.05. The van der Waals surface area contributed by atoms with E-state index in [1.807, 2.05) is 38.1 Å². The van der Waals surface area contributed by atoms with Gasteiger partial charge in [0.25, 0.3) is 0 Å². The molecule has 0 aliphatic rings. The second kappa shape index (κ2) is 6.05. The van der Waals surface area contributed by atoms with E-state index < -0.39 is 0 Å². The van der Waals surface area contributed by atoms with Crippen molar-refractivity contribution >= 4 is 22.9 Å². The second-order valence-corrected chi connectivity index (χ2v) is 6.52. The van der Waals surface area contributed by atoms with E-state index in [4.69, 9.17) is 20.5 Å². The van der Waals surface area contributed by atoms with Gasteiger partial charge in [-0.1, -0.05) is 16.8 Å². The number of rotatable bonds is 5. The Bertz CT molecular complexity index is 698. The van der Waals surface area contributed by atoms with Gasteiger partial charge in [0.05, 0.1) is 16.3 Å². The van der Waals surface area contributed by atoms with Crippen molar-refractivity contribution in [2.75, 3.05) is 0 Å². The fraction of sp³-hybridized carbons (Fsp3) is 0.267. The molecule has 4 nitrogen and oxygen atoms in total. The van der Waals surface area contributed by atoms with E-state index in [9.17, 15) is 0 Å². The van der Waals surface area contributed by atoms with Crippen molar-refractivity contribution in [3.63, 3.8) is 0 Å². The number of nitrogens with one attached hydrogen (secondary N) is 1. The van der Waals surface area contributed by atoms with E-state index in [0.717, 1.165) is 32.0 Å². The maximum Gasteiger partial charge on any atom is 0.138 e. The van der Waals surface area contributed by atoms with Crippen molar-refractivity contribution in [1.82, 2.24) is 10.5 Å². The molecule has 110 valence electrons. The number of hydrogen-bond acceptors (Lipinski definition) is 5. The van der Waals surface area contributed by atoms with Gasteiger partial charge in [0.15, 0.2) is 0 Å². The molecule has 3 aromatic rings. The van der Waals surface area contributed by atoms with E-state index in [0.29, 0.717) is 6.54 Å². The minimum atomic E-state index is -0.0359. The van der Waals surface area contributed by atoms with Gasteiger partial charge in [-0.25, -0.2) is 0 Å². The molecule has 0 radical (unpaired) electrons. The summed E-state index contributed by atoms with van der Waals surface area (Å²) in [6, 6.07) is 7.72. The van der Waals surface area contributed by atoms with Gasteiger partial charge < -0.3 is 8.94 Å². The first-order valence-electron chi connectivity index (χ1n) is 6.59. The van der Waals surface area contributed by atoms with Crippen LogP contribution in [0.3, 0.4) is 0 Å². The molecule has 0 spiro atoms. The molecule has 3 rings (SSSR count).